The summed E-state index contributed by atoms with van der Waals surface area (Å²) in [5.74, 6) is -5.57. The molecule has 0 radical (unpaired) electrons. The molecule has 156 valence electrons. The molecule has 1 atom stereocenters. The van der Waals surface area contributed by atoms with Gasteiger partial charge in [0, 0.05) is 0 Å². The lowest BCUT2D eigenvalue weighted by atomic mass is 10.0. The number of esters is 1. The molecule has 0 unspecified atom stereocenters. The zero-order chi connectivity index (χ0) is 22.0. The number of carbonyl (C=O) groups excluding carboxylic acids is 4. The van der Waals surface area contributed by atoms with Crippen LogP contribution in [-0.2, 0) is 9.53 Å². The van der Waals surface area contributed by atoms with Crippen molar-refractivity contribution in [1.82, 2.24) is 4.90 Å². The molecule has 8 heteroatoms. The summed E-state index contributed by atoms with van der Waals surface area (Å²) in [6.07, 6.45) is 0.104. The molecule has 1 aliphatic heterocycles. The Morgan fingerprint density at radius 1 is 0.933 bits per heavy atom. The molecule has 0 saturated heterocycles. The maximum absolute atomic E-state index is 13.8. The van der Waals surface area contributed by atoms with Crippen LogP contribution in [0.3, 0.4) is 0 Å². The van der Waals surface area contributed by atoms with Gasteiger partial charge in [0.25, 0.3) is 11.8 Å². The van der Waals surface area contributed by atoms with Crippen LogP contribution in [0.4, 0.5) is 8.78 Å². The first kappa shape index (κ1) is 21.3. The summed E-state index contributed by atoms with van der Waals surface area (Å²) < 4.78 is 32.5. The van der Waals surface area contributed by atoms with Crippen LogP contribution >= 0.6 is 0 Å². The molecule has 0 saturated carbocycles. The van der Waals surface area contributed by atoms with Crippen LogP contribution in [0.2, 0.25) is 0 Å². The summed E-state index contributed by atoms with van der Waals surface area (Å²) in [5.41, 5.74) is -0.464. The lowest BCUT2D eigenvalue weighted by molar-refractivity contribution is -0.147. The summed E-state index contributed by atoms with van der Waals surface area (Å²) >= 11 is 0. The fourth-order valence-electron chi connectivity index (χ4n) is 3.31. The average Bonchev–Trinajstić information content (AvgIpc) is 2.95. The Hall–Kier alpha value is -3.42. The van der Waals surface area contributed by atoms with E-state index in [-0.39, 0.29) is 23.5 Å². The SMILES string of the molecule is CC(C)C[C@H](C(=O)OCC(=O)c1c(F)cccc1F)N1C(=O)c2ccccc2C1=O. The lowest BCUT2D eigenvalue weighted by Gasteiger charge is -2.25. The van der Waals surface area contributed by atoms with E-state index in [9.17, 15) is 28.0 Å². The molecule has 0 aromatic heterocycles. The van der Waals surface area contributed by atoms with Gasteiger partial charge in [-0.3, -0.25) is 19.3 Å². The van der Waals surface area contributed by atoms with Gasteiger partial charge in [-0.1, -0.05) is 32.0 Å². The summed E-state index contributed by atoms with van der Waals surface area (Å²) in [5, 5.41) is 0. The largest absolute Gasteiger partial charge is 0.456 e. The van der Waals surface area contributed by atoms with Gasteiger partial charge in [0.1, 0.15) is 17.7 Å². The van der Waals surface area contributed by atoms with Crippen LogP contribution in [0.5, 0.6) is 0 Å². The second-order valence-electron chi connectivity index (χ2n) is 7.30. The normalized spacial score (nSPS) is 14.1. The van der Waals surface area contributed by atoms with Crippen molar-refractivity contribution in [2.45, 2.75) is 26.3 Å². The first-order chi connectivity index (χ1) is 14.2. The number of hydrogen-bond acceptors (Lipinski definition) is 5. The number of halogens is 2. The van der Waals surface area contributed by atoms with Crippen molar-refractivity contribution in [2.24, 2.45) is 5.92 Å². The number of ketones is 1. The van der Waals surface area contributed by atoms with Crippen molar-refractivity contribution in [2.75, 3.05) is 6.61 Å². The highest BCUT2D eigenvalue weighted by Gasteiger charge is 2.43. The molecular weight excluding hydrogens is 396 g/mol. The van der Waals surface area contributed by atoms with E-state index in [1.165, 1.54) is 12.1 Å². The van der Waals surface area contributed by atoms with E-state index in [0.717, 1.165) is 23.1 Å². The molecule has 1 aliphatic rings. The Labute approximate surface area is 171 Å². The first-order valence-corrected chi connectivity index (χ1v) is 9.33. The Morgan fingerprint density at radius 2 is 1.47 bits per heavy atom. The first-order valence-electron chi connectivity index (χ1n) is 9.33. The van der Waals surface area contributed by atoms with Gasteiger partial charge in [0.15, 0.2) is 6.61 Å². The van der Waals surface area contributed by atoms with Gasteiger partial charge in [-0.25, -0.2) is 13.6 Å². The van der Waals surface area contributed by atoms with Crippen molar-refractivity contribution in [3.05, 3.63) is 70.8 Å². The summed E-state index contributed by atoms with van der Waals surface area (Å²) in [6, 6.07) is 7.84. The minimum Gasteiger partial charge on any atom is -0.456 e. The van der Waals surface area contributed by atoms with Crippen LogP contribution in [-0.4, -0.2) is 41.1 Å². The fraction of sp³-hybridized carbons (Fsp3) is 0.273. The van der Waals surface area contributed by atoms with Crippen molar-refractivity contribution in [3.8, 4) is 0 Å². The van der Waals surface area contributed by atoms with Gasteiger partial charge in [-0.15, -0.1) is 0 Å². The number of rotatable bonds is 7. The Balaban J connectivity index is 1.80. The predicted octanol–water partition coefficient (Wildman–Crippen LogP) is 3.40. The van der Waals surface area contributed by atoms with E-state index in [1.54, 1.807) is 26.0 Å². The Kier molecular flexibility index (Phi) is 6.05. The summed E-state index contributed by atoms with van der Waals surface area (Å²) in [6.45, 7) is 2.66. The highest BCUT2D eigenvalue weighted by molar-refractivity contribution is 6.22. The molecule has 6 nitrogen and oxygen atoms in total. The van der Waals surface area contributed by atoms with E-state index >= 15 is 0 Å². The van der Waals surface area contributed by atoms with E-state index in [2.05, 4.69) is 0 Å². The number of carbonyl (C=O) groups is 4. The molecule has 1 heterocycles. The third-order valence-electron chi connectivity index (χ3n) is 4.69. The van der Waals surface area contributed by atoms with Crippen LogP contribution < -0.4 is 0 Å². The molecule has 0 fully saturated rings. The predicted molar refractivity (Wildman–Crippen MR) is 102 cm³/mol. The minimum atomic E-state index is -1.27. The van der Waals surface area contributed by atoms with Crippen molar-refractivity contribution in [3.63, 3.8) is 0 Å². The average molecular weight is 415 g/mol. The highest BCUT2D eigenvalue weighted by Crippen LogP contribution is 2.27. The fourth-order valence-corrected chi connectivity index (χ4v) is 3.31. The van der Waals surface area contributed by atoms with Crippen LogP contribution in [0, 0.1) is 17.6 Å². The summed E-state index contributed by atoms with van der Waals surface area (Å²) in [7, 11) is 0. The number of ether oxygens (including phenoxy) is 1. The Bertz CT molecular complexity index is 979. The van der Waals surface area contributed by atoms with Crippen molar-refractivity contribution < 1.29 is 32.7 Å². The van der Waals surface area contributed by atoms with Gasteiger partial charge < -0.3 is 4.74 Å². The number of Topliss-reactive ketones (excluding diaryl/α,β-unsaturated/α-hetero) is 1. The van der Waals surface area contributed by atoms with Gasteiger partial charge in [-0.2, -0.15) is 0 Å². The number of imide groups is 1. The van der Waals surface area contributed by atoms with Crippen LogP contribution in [0.25, 0.3) is 0 Å². The smallest absolute Gasteiger partial charge is 0.329 e. The quantitative estimate of drug-likeness (QED) is 0.393. The van der Waals surface area contributed by atoms with Crippen molar-refractivity contribution >= 4 is 23.6 Å². The van der Waals surface area contributed by atoms with Crippen LogP contribution in [0.1, 0.15) is 51.3 Å². The monoisotopic (exact) mass is 415 g/mol. The second kappa shape index (κ2) is 8.52. The zero-order valence-electron chi connectivity index (χ0n) is 16.4. The summed E-state index contributed by atoms with van der Waals surface area (Å²) in [4.78, 5) is 51.1. The van der Waals surface area contributed by atoms with E-state index in [0.29, 0.717) is 0 Å². The van der Waals surface area contributed by atoms with E-state index < -0.39 is 53.4 Å². The maximum Gasteiger partial charge on any atom is 0.329 e. The number of amides is 2. The number of hydrogen-bond donors (Lipinski definition) is 0. The second-order valence-corrected chi connectivity index (χ2v) is 7.30. The maximum atomic E-state index is 13.8. The van der Waals surface area contributed by atoms with Gasteiger partial charge in [0.2, 0.25) is 5.78 Å². The topological polar surface area (TPSA) is 80.8 Å². The Morgan fingerprint density at radius 3 is 1.97 bits per heavy atom. The molecule has 0 aliphatic carbocycles. The highest BCUT2D eigenvalue weighted by atomic mass is 19.1. The third kappa shape index (κ3) is 3.98. The number of nitrogens with zero attached hydrogens (tertiary/aromatic N) is 1. The molecule has 3 rings (SSSR count). The molecule has 0 spiro atoms. The molecule has 2 aromatic rings. The molecule has 2 amide bonds. The molecule has 30 heavy (non-hydrogen) atoms. The molecule has 0 bridgehead atoms. The third-order valence-corrected chi connectivity index (χ3v) is 4.69. The van der Waals surface area contributed by atoms with Crippen LogP contribution in [0.15, 0.2) is 42.5 Å². The van der Waals surface area contributed by atoms with Gasteiger partial charge in [0.05, 0.1) is 16.7 Å². The zero-order valence-corrected chi connectivity index (χ0v) is 16.4. The number of benzene rings is 2. The molecule has 0 N–H and O–H groups in total. The standard InChI is InChI=1S/C22H19F2NO5/c1-12(2)10-17(25-20(27)13-6-3-4-7-14(13)21(25)28)22(29)30-11-18(26)19-15(23)8-5-9-16(19)24/h3-9,12,17H,10-11H2,1-2H3/t17-/m1/s1. The molecular formula is C22H19F2NO5. The molecule has 2 aromatic carbocycles. The van der Waals surface area contributed by atoms with Gasteiger partial charge >= 0.3 is 5.97 Å². The minimum absolute atomic E-state index is 0.0911. The van der Waals surface area contributed by atoms with Gasteiger partial charge in [-0.05, 0) is 36.6 Å². The van der Waals surface area contributed by atoms with E-state index in [1.807, 2.05) is 0 Å². The lowest BCUT2D eigenvalue weighted by Crippen LogP contribution is -2.46. The van der Waals surface area contributed by atoms with Crippen molar-refractivity contribution in [1.29, 1.82) is 0 Å². The van der Waals surface area contributed by atoms with E-state index in [4.69, 9.17) is 4.74 Å². The number of fused-ring (bicyclic) bond motifs is 1.